The van der Waals surface area contributed by atoms with E-state index in [1.165, 1.54) is 12.8 Å². The smallest absolute Gasteiger partial charge is 0.213 e. The van der Waals surface area contributed by atoms with E-state index in [4.69, 9.17) is 9.47 Å². The first-order chi connectivity index (χ1) is 13.2. The molecular weight excluding hydrogens is 467 g/mol. The second-order valence-electron chi connectivity index (χ2n) is 7.26. The molecule has 0 aliphatic heterocycles. The first-order valence-electron chi connectivity index (χ1n) is 10.3. The Kier molecular flexibility index (Phi) is 13.2. The van der Waals surface area contributed by atoms with E-state index in [1.54, 1.807) is 7.05 Å². The Morgan fingerprint density at radius 3 is 2.71 bits per heavy atom. The SMILES string of the molecule is CCOCCCCNC(=NC)NCc1ccnc(OC2CCC(C)CC2)c1.I. The highest BCUT2D eigenvalue weighted by atomic mass is 127. The molecule has 0 spiro atoms. The molecule has 1 aromatic rings. The number of unbranched alkanes of at least 4 members (excludes halogenated alkanes) is 1. The Bertz CT molecular complexity index is 563. The number of aliphatic imine (C=N–C) groups is 1. The van der Waals surface area contributed by atoms with Gasteiger partial charge in [-0.3, -0.25) is 4.99 Å². The Labute approximate surface area is 187 Å². The van der Waals surface area contributed by atoms with Gasteiger partial charge >= 0.3 is 0 Å². The van der Waals surface area contributed by atoms with Crippen molar-refractivity contribution in [2.75, 3.05) is 26.8 Å². The average molecular weight is 504 g/mol. The minimum absolute atomic E-state index is 0. The number of guanidine groups is 1. The van der Waals surface area contributed by atoms with Crippen molar-refractivity contribution in [1.82, 2.24) is 15.6 Å². The monoisotopic (exact) mass is 504 g/mol. The molecule has 6 nitrogen and oxygen atoms in total. The summed E-state index contributed by atoms with van der Waals surface area (Å²) in [5, 5.41) is 6.69. The summed E-state index contributed by atoms with van der Waals surface area (Å²) in [6.45, 7) is 7.53. The molecule has 0 bridgehead atoms. The fourth-order valence-electron chi connectivity index (χ4n) is 3.23. The molecule has 1 saturated carbocycles. The number of nitrogens with one attached hydrogen (secondary N) is 2. The molecule has 2 rings (SSSR count). The van der Waals surface area contributed by atoms with Crippen LogP contribution in [-0.4, -0.2) is 43.9 Å². The zero-order chi connectivity index (χ0) is 19.3. The van der Waals surface area contributed by atoms with Crippen molar-refractivity contribution < 1.29 is 9.47 Å². The summed E-state index contributed by atoms with van der Waals surface area (Å²) in [6, 6.07) is 4.04. The number of hydrogen-bond donors (Lipinski definition) is 2. The zero-order valence-electron chi connectivity index (χ0n) is 17.6. The number of ether oxygens (including phenoxy) is 2. The van der Waals surface area contributed by atoms with Crippen LogP contribution < -0.4 is 15.4 Å². The third-order valence-corrected chi connectivity index (χ3v) is 4.95. The lowest BCUT2D eigenvalue weighted by Gasteiger charge is -2.26. The Balaban J connectivity index is 0.00000392. The summed E-state index contributed by atoms with van der Waals surface area (Å²) in [7, 11) is 1.79. The highest BCUT2D eigenvalue weighted by Crippen LogP contribution is 2.26. The van der Waals surface area contributed by atoms with Crippen LogP contribution in [0.25, 0.3) is 0 Å². The van der Waals surface area contributed by atoms with Gasteiger partial charge in [-0.1, -0.05) is 6.92 Å². The van der Waals surface area contributed by atoms with Gasteiger partial charge in [0.05, 0.1) is 0 Å². The lowest BCUT2D eigenvalue weighted by atomic mass is 9.89. The fraction of sp³-hybridized carbons (Fsp3) is 0.714. The van der Waals surface area contributed by atoms with Gasteiger partial charge < -0.3 is 20.1 Å². The zero-order valence-corrected chi connectivity index (χ0v) is 19.9. The third kappa shape index (κ3) is 9.91. The van der Waals surface area contributed by atoms with Crippen LogP contribution in [0.4, 0.5) is 0 Å². The van der Waals surface area contributed by atoms with Crippen LogP contribution in [0, 0.1) is 5.92 Å². The summed E-state index contributed by atoms with van der Waals surface area (Å²) < 4.78 is 11.4. The summed E-state index contributed by atoms with van der Waals surface area (Å²) in [5.74, 6) is 2.37. The minimum atomic E-state index is 0. The van der Waals surface area contributed by atoms with Crippen molar-refractivity contribution in [3.8, 4) is 5.88 Å². The maximum Gasteiger partial charge on any atom is 0.213 e. The predicted octanol–water partition coefficient (Wildman–Crippen LogP) is 4.14. The normalized spacial score (nSPS) is 19.6. The third-order valence-electron chi connectivity index (χ3n) is 4.95. The first-order valence-corrected chi connectivity index (χ1v) is 10.3. The van der Waals surface area contributed by atoms with E-state index >= 15 is 0 Å². The number of aromatic nitrogens is 1. The number of hydrogen-bond acceptors (Lipinski definition) is 4. The lowest BCUT2D eigenvalue weighted by molar-refractivity contribution is 0.130. The van der Waals surface area contributed by atoms with E-state index in [-0.39, 0.29) is 24.0 Å². The van der Waals surface area contributed by atoms with Gasteiger partial charge in [-0.25, -0.2) is 4.98 Å². The predicted molar refractivity (Wildman–Crippen MR) is 126 cm³/mol. The van der Waals surface area contributed by atoms with Crippen molar-refractivity contribution in [1.29, 1.82) is 0 Å². The first kappa shape index (κ1) is 24.9. The molecule has 0 saturated heterocycles. The Morgan fingerprint density at radius 2 is 2.00 bits per heavy atom. The maximum absolute atomic E-state index is 6.09. The van der Waals surface area contributed by atoms with E-state index in [9.17, 15) is 0 Å². The van der Waals surface area contributed by atoms with Crippen molar-refractivity contribution >= 4 is 29.9 Å². The number of halogens is 1. The molecule has 0 unspecified atom stereocenters. The van der Waals surface area contributed by atoms with Crippen LogP contribution in [0.1, 0.15) is 57.9 Å². The Morgan fingerprint density at radius 1 is 1.21 bits per heavy atom. The van der Waals surface area contributed by atoms with Crippen LogP contribution >= 0.6 is 24.0 Å². The quantitative estimate of drug-likeness (QED) is 0.217. The molecule has 1 aliphatic rings. The van der Waals surface area contributed by atoms with Crippen LogP contribution in [0.15, 0.2) is 23.3 Å². The number of rotatable bonds is 10. The van der Waals surface area contributed by atoms with Crippen LogP contribution in [0.2, 0.25) is 0 Å². The molecule has 28 heavy (non-hydrogen) atoms. The van der Waals surface area contributed by atoms with E-state index < -0.39 is 0 Å². The van der Waals surface area contributed by atoms with Crippen molar-refractivity contribution in [3.05, 3.63) is 23.9 Å². The van der Waals surface area contributed by atoms with Gasteiger partial charge in [0.2, 0.25) is 5.88 Å². The van der Waals surface area contributed by atoms with Gasteiger partial charge in [0.15, 0.2) is 5.96 Å². The van der Waals surface area contributed by atoms with Gasteiger partial charge in [0.25, 0.3) is 0 Å². The van der Waals surface area contributed by atoms with Crippen molar-refractivity contribution in [2.24, 2.45) is 10.9 Å². The summed E-state index contributed by atoms with van der Waals surface area (Å²) in [4.78, 5) is 8.65. The molecule has 1 aliphatic carbocycles. The van der Waals surface area contributed by atoms with Crippen molar-refractivity contribution in [3.63, 3.8) is 0 Å². The van der Waals surface area contributed by atoms with E-state index in [2.05, 4.69) is 27.5 Å². The summed E-state index contributed by atoms with van der Waals surface area (Å²) >= 11 is 0. The molecular formula is C21H37IN4O2. The molecule has 1 fully saturated rings. The molecule has 0 amide bonds. The second kappa shape index (κ2) is 14.8. The molecule has 1 heterocycles. The second-order valence-corrected chi connectivity index (χ2v) is 7.26. The highest BCUT2D eigenvalue weighted by molar-refractivity contribution is 14.0. The van der Waals surface area contributed by atoms with Gasteiger partial charge in [-0.2, -0.15) is 0 Å². The molecule has 160 valence electrons. The summed E-state index contributed by atoms with van der Waals surface area (Å²) in [6.07, 6.45) is 9.01. The van der Waals surface area contributed by atoms with Crippen LogP contribution in [-0.2, 0) is 11.3 Å². The molecule has 2 N–H and O–H groups in total. The van der Waals surface area contributed by atoms with Gasteiger partial charge in [0, 0.05) is 45.6 Å². The van der Waals surface area contributed by atoms with Crippen LogP contribution in [0.3, 0.4) is 0 Å². The Hall–Kier alpha value is -1.09. The number of pyridine rings is 1. The van der Waals surface area contributed by atoms with Gasteiger partial charge in [0.1, 0.15) is 6.10 Å². The van der Waals surface area contributed by atoms with E-state index in [1.807, 2.05) is 25.3 Å². The van der Waals surface area contributed by atoms with Gasteiger partial charge in [-0.15, -0.1) is 24.0 Å². The molecule has 0 atom stereocenters. The topological polar surface area (TPSA) is 67.8 Å². The molecule has 0 aromatic carbocycles. The molecule has 0 radical (unpaired) electrons. The summed E-state index contributed by atoms with van der Waals surface area (Å²) in [5.41, 5.74) is 1.14. The largest absolute Gasteiger partial charge is 0.474 e. The molecule has 7 heteroatoms. The maximum atomic E-state index is 6.09. The van der Waals surface area contributed by atoms with Crippen molar-refractivity contribution in [2.45, 2.75) is 65.0 Å². The highest BCUT2D eigenvalue weighted by Gasteiger charge is 2.19. The van der Waals surface area contributed by atoms with Gasteiger partial charge in [-0.05, 0) is 63.0 Å². The lowest BCUT2D eigenvalue weighted by Crippen LogP contribution is -2.37. The fourth-order valence-corrected chi connectivity index (χ4v) is 3.23. The average Bonchev–Trinajstić information content (AvgIpc) is 2.69. The minimum Gasteiger partial charge on any atom is -0.474 e. The van der Waals surface area contributed by atoms with E-state index in [0.717, 1.165) is 68.8 Å². The molecule has 1 aromatic heterocycles. The number of nitrogens with zero attached hydrogens (tertiary/aromatic N) is 2. The standard InChI is InChI=1S/C21H36N4O2.HI/c1-4-26-14-6-5-12-24-21(22-3)25-16-18-11-13-23-20(15-18)27-19-9-7-17(2)8-10-19;/h11,13,15,17,19H,4-10,12,14,16H2,1-3H3,(H2,22,24,25);1H. The van der Waals surface area contributed by atoms with Crippen LogP contribution in [0.5, 0.6) is 5.88 Å². The van der Waals surface area contributed by atoms with E-state index in [0.29, 0.717) is 12.6 Å².